The van der Waals surface area contributed by atoms with Gasteiger partial charge in [-0.3, -0.25) is 4.79 Å². The van der Waals surface area contributed by atoms with E-state index in [1.54, 1.807) is 24.3 Å². The smallest absolute Gasteiger partial charge is 0.310 e. The fourth-order valence-electron chi connectivity index (χ4n) is 1.43. The number of carbonyl (C=O) groups is 1. The molecule has 1 N–H and O–H groups in total. The van der Waals surface area contributed by atoms with Gasteiger partial charge in [0.05, 0.1) is 10.9 Å². The topological polar surface area (TPSA) is 46.5 Å². The monoisotopic (exact) mass is 256 g/mol. The van der Waals surface area contributed by atoms with Crippen molar-refractivity contribution in [2.75, 3.05) is 6.61 Å². The number of ether oxygens (including phenoxy) is 1. The highest BCUT2D eigenvalue weighted by Crippen LogP contribution is 2.29. The molecule has 4 heteroatoms. The molecule has 0 bridgehead atoms. The van der Waals surface area contributed by atoms with Gasteiger partial charge in [-0.2, -0.15) is 0 Å². The average Bonchev–Trinajstić information content (AvgIpc) is 2.18. The summed E-state index contributed by atoms with van der Waals surface area (Å²) in [5, 5.41) is 9.63. The molecule has 0 heterocycles. The van der Waals surface area contributed by atoms with Gasteiger partial charge in [0.1, 0.15) is 12.4 Å². The van der Waals surface area contributed by atoms with Gasteiger partial charge in [0.2, 0.25) is 0 Å². The number of carboxylic acids is 1. The van der Waals surface area contributed by atoms with Crippen molar-refractivity contribution in [2.24, 2.45) is 11.3 Å². The van der Waals surface area contributed by atoms with Crippen LogP contribution in [0.4, 0.5) is 0 Å². The Bertz CT molecular complexity index is 396. The average molecular weight is 257 g/mol. The third-order valence-electron chi connectivity index (χ3n) is 2.59. The highest BCUT2D eigenvalue weighted by atomic mass is 35.5. The standard InChI is InChI=1S/C13H17ClO3/c1-13(2,3)9(12(15)16)8-17-11-7-5-4-6-10(11)14/h4-7,9H,8H2,1-3H3,(H,15,16). The molecule has 1 rings (SSSR count). The van der Waals surface area contributed by atoms with Crippen LogP contribution in [0, 0.1) is 11.3 Å². The maximum Gasteiger partial charge on any atom is 0.310 e. The van der Waals surface area contributed by atoms with Crippen LogP contribution in [0.25, 0.3) is 0 Å². The molecule has 0 saturated carbocycles. The second kappa shape index (κ2) is 5.41. The van der Waals surface area contributed by atoms with Crippen LogP contribution in [0.1, 0.15) is 20.8 Å². The summed E-state index contributed by atoms with van der Waals surface area (Å²) >= 11 is 5.93. The van der Waals surface area contributed by atoms with E-state index in [4.69, 9.17) is 21.4 Å². The fraction of sp³-hybridized carbons (Fsp3) is 0.462. The first kappa shape index (κ1) is 13.8. The summed E-state index contributed by atoms with van der Waals surface area (Å²) in [5.41, 5.74) is -0.354. The van der Waals surface area contributed by atoms with Crippen LogP contribution >= 0.6 is 11.6 Å². The lowest BCUT2D eigenvalue weighted by Crippen LogP contribution is -2.33. The zero-order valence-corrected chi connectivity index (χ0v) is 11.0. The lowest BCUT2D eigenvalue weighted by molar-refractivity contribution is -0.146. The number of benzene rings is 1. The van der Waals surface area contributed by atoms with E-state index in [0.29, 0.717) is 10.8 Å². The van der Waals surface area contributed by atoms with E-state index in [-0.39, 0.29) is 12.0 Å². The van der Waals surface area contributed by atoms with Crippen molar-refractivity contribution < 1.29 is 14.6 Å². The molecule has 1 atom stereocenters. The van der Waals surface area contributed by atoms with Crippen LogP contribution in [-0.2, 0) is 4.79 Å². The number of rotatable bonds is 4. The van der Waals surface area contributed by atoms with Crippen LogP contribution in [-0.4, -0.2) is 17.7 Å². The molecule has 0 aliphatic carbocycles. The first-order chi connectivity index (χ1) is 7.82. The van der Waals surface area contributed by atoms with Gasteiger partial charge >= 0.3 is 5.97 Å². The predicted molar refractivity (Wildman–Crippen MR) is 67.5 cm³/mol. The number of carboxylic acid groups (broad SMARTS) is 1. The number of para-hydroxylation sites is 1. The van der Waals surface area contributed by atoms with Gasteiger partial charge in [-0.25, -0.2) is 0 Å². The Hall–Kier alpha value is -1.22. The summed E-state index contributed by atoms with van der Waals surface area (Å²) in [6, 6.07) is 7.04. The molecule has 17 heavy (non-hydrogen) atoms. The minimum absolute atomic E-state index is 0.114. The summed E-state index contributed by atoms with van der Waals surface area (Å²) in [4.78, 5) is 11.1. The Labute approximate surface area is 106 Å². The Morgan fingerprint density at radius 1 is 1.41 bits per heavy atom. The molecule has 0 saturated heterocycles. The number of hydrogen-bond acceptors (Lipinski definition) is 2. The number of aliphatic carboxylic acids is 1. The minimum atomic E-state index is -0.857. The number of hydrogen-bond donors (Lipinski definition) is 1. The van der Waals surface area contributed by atoms with Gasteiger partial charge in [0.15, 0.2) is 0 Å². The van der Waals surface area contributed by atoms with E-state index in [9.17, 15) is 4.79 Å². The summed E-state index contributed by atoms with van der Waals surface area (Å²) in [7, 11) is 0. The molecule has 94 valence electrons. The molecule has 0 spiro atoms. The lowest BCUT2D eigenvalue weighted by Gasteiger charge is -2.27. The van der Waals surface area contributed by atoms with Crippen LogP contribution in [0.5, 0.6) is 5.75 Å². The zero-order chi connectivity index (χ0) is 13.1. The third kappa shape index (κ3) is 3.93. The molecule has 3 nitrogen and oxygen atoms in total. The fourth-order valence-corrected chi connectivity index (χ4v) is 1.62. The summed E-state index contributed by atoms with van der Waals surface area (Å²) in [6.07, 6.45) is 0. The molecule has 1 aromatic carbocycles. The van der Waals surface area contributed by atoms with Crippen LogP contribution in [0.15, 0.2) is 24.3 Å². The first-order valence-electron chi connectivity index (χ1n) is 5.42. The van der Waals surface area contributed by atoms with E-state index >= 15 is 0 Å². The van der Waals surface area contributed by atoms with Crippen LogP contribution in [0.2, 0.25) is 5.02 Å². The summed E-state index contributed by atoms with van der Waals surface area (Å²) in [6.45, 7) is 5.74. The van der Waals surface area contributed by atoms with Crippen molar-refractivity contribution in [1.29, 1.82) is 0 Å². The highest BCUT2D eigenvalue weighted by Gasteiger charge is 2.31. The molecule has 0 amide bonds. The first-order valence-corrected chi connectivity index (χ1v) is 5.80. The van der Waals surface area contributed by atoms with Gasteiger partial charge in [0, 0.05) is 0 Å². The van der Waals surface area contributed by atoms with Crippen LogP contribution in [0.3, 0.4) is 0 Å². The Kier molecular flexibility index (Phi) is 4.40. The molecular weight excluding hydrogens is 240 g/mol. The molecule has 0 aliphatic heterocycles. The van der Waals surface area contributed by atoms with Gasteiger partial charge in [-0.05, 0) is 17.5 Å². The molecule has 0 fully saturated rings. The van der Waals surface area contributed by atoms with Crippen molar-refractivity contribution in [1.82, 2.24) is 0 Å². The van der Waals surface area contributed by atoms with E-state index in [0.717, 1.165) is 0 Å². The van der Waals surface area contributed by atoms with E-state index < -0.39 is 11.9 Å². The summed E-state index contributed by atoms with van der Waals surface area (Å²) in [5.74, 6) is -0.909. The Morgan fingerprint density at radius 2 is 2.00 bits per heavy atom. The van der Waals surface area contributed by atoms with Gasteiger partial charge < -0.3 is 9.84 Å². The van der Waals surface area contributed by atoms with Crippen molar-refractivity contribution in [3.63, 3.8) is 0 Å². The Balaban J connectivity index is 2.72. The third-order valence-corrected chi connectivity index (χ3v) is 2.90. The largest absolute Gasteiger partial charge is 0.491 e. The normalized spacial score (nSPS) is 13.2. The van der Waals surface area contributed by atoms with Gasteiger partial charge in [-0.15, -0.1) is 0 Å². The lowest BCUT2D eigenvalue weighted by atomic mass is 9.81. The minimum Gasteiger partial charge on any atom is -0.491 e. The predicted octanol–water partition coefficient (Wildman–Crippen LogP) is 3.47. The summed E-state index contributed by atoms with van der Waals surface area (Å²) < 4.78 is 5.47. The maximum atomic E-state index is 11.1. The maximum absolute atomic E-state index is 11.1. The van der Waals surface area contributed by atoms with Gasteiger partial charge in [-0.1, -0.05) is 44.5 Å². The quantitative estimate of drug-likeness (QED) is 0.897. The molecule has 0 aliphatic rings. The van der Waals surface area contributed by atoms with Crippen molar-refractivity contribution in [3.05, 3.63) is 29.3 Å². The van der Waals surface area contributed by atoms with Crippen molar-refractivity contribution in [3.8, 4) is 5.75 Å². The number of halogens is 1. The highest BCUT2D eigenvalue weighted by molar-refractivity contribution is 6.32. The van der Waals surface area contributed by atoms with Gasteiger partial charge in [0.25, 0.3) is 0 Å². The Morgan fingerprint density at radius 3 is 2.47 bits per heavy atom. The zero-order valence-electron chi connectivity index (χ0n) is 10.2. The molecule has 0 radical (unpaired) electrons. The van der Waals surface area contributed by atoms with E-state index in [1.165, 1.54) is 0 Å². The SMILES string of the molecule is CC(C)(C)C(COc1ccccc1Cl)C(=O)O. The van der Waals surface area contributed by atoms with E-state index in [2.05, 4.69) is 0 Å². The molecule has 1 unspecified atom stereocenters. The van der Waals surface area contributed by atoms with Crippen molar-refractivity contribution in [2.45, 2.75) is 20.8 Å². The van der Waals surface area contributed by atoms with Crippen molar-refractivity contribution >= 4 is 17.6 Å². The van der Waals surface area contributed by atoms with Crippen LogP contribution < -0.4 is 4.74 Å². The second-order valence-corrected chi connectivity index (χ2v) is 5.41. The molecule has 0 aromatic heterocycles. The second-order valence-electron chi connectivity index (χ2n) is 5.00. The van der Waals surface area contributed by atoms with E-state index in [1.807, 2.05) is 20.8 Å². The molecular formula is C13H17ClO3. The molecule has 1 aromatic rings.